The van der Waals surface area contributed by atoms with Gasteiger partial charge in [-0.1, -0.05) is 61.5 Å². The Morgan fingerprint density at radius 3 is 1.95 bits per heavy atom. The van der Waals surface area contributed by atoms with E-state index >= 15 is 0 Å². The molecule has 196 valence electrons. The van der Waals surface area contributed by atoms with Crippen LogP contribution in [0.15, 0.2) is 78.9 Å². The highest BCUT2D eigenvalue weighted by atomic mass is 19.4. The molecule has 1 heterocycles. The summed E-state index contributed by atoms with van der Waals surface area (Å²) < 4.78 is 39.3. The van der Waals surface area contributed by atoms with Gasteiger partial charge in [0, 0.05) is 37.4 Å². The lowest BCUT2D eigenvalue weighted by molar-refractivity contribution is -0.318. The molecule has 4 rings (SSSR count). The summed E-state index contributed by atoms with van der Waals surface area (Å²) in [5, 5.41) is 12.6. The molecule has 1 aliphatic rings. The van der Waals surface area contributed by atoms with Crippen LogP contribution in [-0.4, -0.2) is 42.6 Å². The van der Waals surface area contributed by atoms with Crippen molar-refractivity contribution in [2.75, 3.05) is 31.1 Å². The molecule has 0 radical (unpaired) electrons. The van der Waals surface area contributed by atoms with Crippen LogP contribution in [0.4, 0.5) is 18.9 Å². The van der Waals surface area contributed by atoms with E-state index in [2.05, 4.69) is 9.80 Å². The lowest BCUT2D eigenvalue weighted by atomic mass is 9.64. The highest BCUT2D eigenvalue weighted by Crippen LogP contribution is 2.42. The smallest absolute Gasteiger partial charge is 0.416 e. The van der Waals surface area contributed by atoms with Crippen LogP contribution in [0, 0.1) is 0 Å². The monoisotopic (exact) mass is 509 g/mol. The van der Waals surface area contributed by atoms with E-state index in [0.717, 1.165) is 22.9 Å². The van der Waals surface area contributed by atoms with Crippen LogP contribution in [0.25, 0.3) is 11.1 Å². The molecule has 4 nitrogen and oxygen atoms in total. The Morgan fingerprint density at radius 2 is 1.41 bits per heavy atom. The van der Waals surface area contributed by atoms with Gasteiger partial charge in [-0.05, 0) is 61.2 Å². The first-order chi connectivity index (χ1) is 17.5. The number of nitrogens with zero attached hydrogens (tertiary/aromatic N) is 2. The Labute approximate surface area is 216 Å². The van der Waals surface area contributed by atoms with Crippen molar-refractivity contribution in [2.24, 2.45) is 0 Å². The molecule has 0 bridgehead atoms. The van der Waals surface area contributed by atoms with Gasteiger partial charge in [0.05, 0.1) is 16.9 Å². The van der Waals surface area contributed by atoms with Gasteiger partial charge < -0.3 is 14.8 Å². The fourth-order valence-electron chi connectivity index (χ4n) is 5.51. The first-order valence-corrected chi connectivity index (χ1v) is 12.6. The summed E-state index contributed by atoms with van der Waals surface area (Å²) in [6.07, 6.45) is -3.74. The van der Waals surface area contributed by atoms with Crippen LogP contribution in [0.1, 0.15) is 38.3 Å². The molecule has 3 aromatic carbocycles. The molecular weight excluding hydrogens is 477 g/mol. The summed E-state index contributed by atoms with van der Waals surface area (Å²) >= 11 is 0. The summed E-state index contributed by atoms with van der Waals surface area (Å²) in [4.78, 5) is 17.0. The molecular formula is C30H32F3N2O2-. The molecule has 1 fully saturated rings. The predicted molar refractivity (Wildman–Crippen MR) is 138 cm³/mol. The number of benzene rings is 3. The van der Waals surface area contributed by atoms with Crippen LogP contribution < -0.4 is 10.0 Å². The zero-order valence-corrected chi connectivity index (χ0v) is 21.4. The van der Waals surface area contributed by atoms with Crippen LogP contribution in [0.5, 0.6) is 0 Å². The zero-order valence-electron chi connectivity index (χ0n) is 21.4. The minimum Gasteiger partial charge on any atom is -0.549 e. The van der Waals surface area contributed by atoms with Crippen LogP contribution in [0.2, 0.25) is 0 Å². The van der Waals surface area contributed by atoms with E-state index in [0.29, 0.717) is 38.2 Å². The summed E-state index contributed by atoms with van der Waals surface area (Å²) in [6, 6.07) is 22.2. The lowest BCUT2D eigenvalue weighted by Crippen LogP contribution is -2.68. The molecule has 3 aromatic rings. The van der Waals surface area contributed by atoms with Crippen LogP contribution in [0.3, 0.4) is 0 Å². The molecule has 37 heavy (non-hydrogen) atoms. The van der Waals surface area contributed by atoms with E-state index in [1.807, 2.05) is 68.4 Å². The lowest BCUT2D eigenvalue weighted by Gasteiger charge is -2.55. The van der Waals surface area contributed by atoms with Gasteiger partial charge in [-0.2, -0.15) is 13.2 Å². The number of carboxylic acids is 1. The van der Waals surface area contributed by atoms with Gasteiger partial charge in [0.15, 0.2) is 0 Å². The minimum atomic E-state index is -4.38. The number of carboxylic acid groups (broad SMARTS) is 1. The second kappa shape index (κ2) is 10.2. The summed E-state index contributed by atoms with van der Waals surface area (Å²) in [5.74, 6) is -1.09. The topological polar surface area (TPSA) is 46.6 Å². The third-order valence-electron chi connectivity index (χ3n) is 8.26. The van der Waals surface area contributed by atoms with Crippen molar-refractivity contribution in [3.8, 4) is 11.1 Å². The maximum Gasteiger partial charge on any atom is 0.416 e. The third kappa shape index (κ3) is 4.97. The molecule has 2 unspecified atom stereocenters. The van der Waals surface area contributed by atoms with Crippen LogP contribution >= 0.6 is 0 Å². The fourth-order valence-corrected chi connectivity index (χ4v) is 5.51. The zero-order chi connectivity index (χ0) is 26.8. The van der Waals surface area contributed by atoms with Crippen molar-refractivity contribution in [3.63, 3.8) is 0 Å². The van der Waals surface area contributed by atoms with Gasteiger partial charge in [0.2, 0.25) is 0 Å². The number of carbonyl (C=O) groups excluding carboxylic acids is 1. The predicted octanol–water partition coefficient (Wildman–Crippen LogP) is 5.37. The SMILES string of the molecule is CCC(C)(N1CCN(c2ccc(-c3cccc(C(F)(F)F)c3)cc2)CC1)C(C)(C(=O)[O-])c1ccccc1. The van der Waals surface area contributed by atoms with Crippen LogP contribution in [-0.2, 0) is 16.4 Å². The minimum absolute atomic E-state index is 0.521. The molecule has 0 aliphatic carbocycles. The normalized spacial score (nSPS) is 18.2. The molecule has 0 aromatic heterocycles. The number of anilines is 1. The van der Waals surface area contributed by atoms with Crippen molar-refractivity contribution in [3.05, 3.63) is 90.0 Å². The largest absolute Gasteiger partial charge is 0.549 e. The third-order valence-corrected chi connectivity index (χ3v) is 8.26. The van der Waals surface area contributed by atoms with E-state index < -0.39 is 28.7 Å². The summed E-state index contributed by atoms with van der Waals surface area (Å²) in [5.41, 5.74) is 0.436. The standard InChI is InChI=1S/C30H33F3N2O2/c1-4-28(2,29(3,27(36)37)24-10-6-5-7-11-24)35-19-17-34(18-20-35)26-15-13-22(14-16-26)23-9-8-12-25(21-23)30(31,32)33/h5-16,21H,4,17-20H2,1-3H3,(H,36,37)/p-1. The molecule has 0 spiro atoms. The van der Waals surface area contributed by atoms with E-state index in [1.165, 1.54) is 12.1 Å². The Hall–Kier alpha value is -3.32. The van der Waals surface area contributed by atoms with Gasteiger partial charge in [0.1, 0.15) is 0 Å². The van der Waals surface area contributed by atoms with Crippen molar-refractivity contribution in [1.29, 1.82) is 0 Å². The first-order valence-electron chi connectivity index (χ1n) is 12.6. The number of hydrogen-bond acceptors (Lipinski definition) is 4. The maximum atomic E-state index is 13.1. The highest BCUT2D eigenvalue weighted by molar-refractivity contribution is 5.81. The number of alkyl halides is 3. The number of rotatable bonds is 7. The fraction of sp³-hybridized carbons (Fsp3) is 0.367. The Morgan fingerprint density at radius 1 is 0.811 bits per heavy atom. The van der Waals surface area contributed by atoms with Gasteiger partial charge in [-0.3, -0.25) is 4.90 Å². The Kier molecular flexibility index (Phi) is 7.38. The Bertz CT molecular complexity index is 1220. The van der Waals surface area contributed by atoms with Crippen molar-refractivity contribution < 1.29 is 23.1 Å². The maximum absolute atomic E-state index is 13.1. The molecule has 7 heteroatoms. The average Bonchev–Trinajstić information content (AvgIpc) is 2.92. The van der Waals surface area contributed by atoms with E-state index in [1.54, 1.807) is 13.0 Å². The van der Waals surface area contributed by atoms with E-state index in [4.69, 9.17) is 0 Å². The summed E-state index contributed by atoms with van der Waals surface area (Å²) in [6.45, 7) is 8.55. The number of aliphatic carboxylic acids is 1. The van der Waals surface area contributed by atoms with Crippen molar-refractivity contribution >= 4 is 11.7 Å². The van der Waals surface area contributed by atoms with E-state index in [9.17, 15) is 23.1 Å². The summed E-state index contributed by atoms with van der Waals surface area (Å²) in [7, 11) is 0. The Balaban J connectivity index is 1.50. The van der Waals surface area contributed by atoms with Gasteiger partial charge in [0.25, 0.3) is 0 Å². The quantitative estimate of drug-likeness (QED) is 0.430. The average molecular weight is 510 g/mol. The number of piperazine rings is 1. The number of halogens is 3. The second-order valence-corrected chi connectivity index (χ2v) is 10.0. The van der Waals surface area contributed by atoms with Gasteiger partial charge in [-0.15, -0.1) is 0 Å². The van der Waals surface area contributed by atoms with Crippen molar-refractivity contribution in [1.82, 2.24) is 4.90 Å². The molecule has 0 amide bonds. The molecule has 0 N–H and O–H groups in total. The van der Waals surface area contributed by atoms with Gasteiger partial charge in [-0.25, -0.2) is 0 Å². The van der Waals surface area contributed by atoms with Gasteiger partial charge >= 0.3 is 6.18 Å². The van der Waals surface area contributed by atoms with Crippen molar-refractivity contribution in [2.45, 2.75) is 44.3 Å². The molecule has 2 atom stereocenters. The molecule has 1 aliphatic heterocycles. The second-order valence-electron chi connectivity index (χ2n) is 10.0. The first kappa shape index (κ1) is 26.7. The highest BCUT2D eigenvalue weighted by Gasteiger charge is 2.50. The number of hydrogen-bond donors (Lipinski definition) is 0. The number of carbonyl (C=O) groups is 1. The molecule has 1 saturated heterocycles. The van der Waals surface area contributed by atoms with E-state index in [-0.39, 0.29) is 0 Å². The molecule has 0 saturated carbocycles.